The van der Waals surface area contributed by atoms with Crippen LogP contribution in [0.25, 0.3) is 11.2 Å². The van der Waals surface area contributed by atoms with Crippen molar-refractivity contribution in [1.82, 2.24) is 25.3 Å². The topological polar surface area (TPSA) is 182 Å². The minimum Gasteiger partial charge on any atom is -0.481 e. The van der Waals surface area contributed by atoms with E-state index in [1.54, 1.807) is 20.2 Å². The molecule has 3 aromatic rings. The van der Waals surface area contributed by atoms with E-state index >= 15 is 0 Å². The van der Waals surface area contributed by atoms with Crippen LogP contribution in [0.4, 0.5) is 17.5 Å². The van der Waals surface area contributed by atoms with Gasteiger partial charge in [-0.25, -0.2) is 9.97 Å². The molecule has 0 saturated carbocycles. The number of nitrogens with zero attached hydrogens (tertiary/aromatic N) is 4. The Kier molecular flexibility index (Phi) is 9.96. The summed E-state index contributed by atoms with van der Waals surface area (Å²) in [5.74, 6) is -0.410. The molecule has 0 radical (unpaired) electrons. The van der Waals surface area contributed by atoms with E-state index in [1.807, 2.05) is 31.2 Å². The summed E-state index contributed by atoms with van der Waals surface area (Å²) >= 11 is 0. The molecule has 0 unspecified atom stereocenters. The van der Waals surface area contributed by atoms with Crippen molar-refractivity contribution in [3.63, 3.8) is 0 Å². The summed E-state index contributed by atoms with van der Waals surface area (Å²) in [4.78, 5) is 35.0. The smallest absolute Gasteiger partial charge is 0.303 e. The Morgan fingerprint density at radius 1 is 1.17 bits per heavy atom. The van der Waals surface area contributed by atoms with E-state index in [1.165, 1.54) is 5.56 Å². The van der Waals surface area contributed by atoms with Crippen LogP contribution in [0.3, 0.4) is 0 Å². The molecular weight excluding hydrogens is 388 g/mol. The fourth-order valence-corrected chi connectivity index (χ4v) is 1.93. The number of nitrogens with two attached hydrogens (primary N) is 2. The highest BCUT2D eigenvalue weighted by atomic mass is 16.4. The number of nitrogen functional groups attached to an aromatic ring is 2. The Hall–Kier alpha value is -4.02. The molecule has 11 nitrogen and oxygen atoms in total. The van der Waals surface area contributed by atoms with Crippen molar-refractivity contribution in [3.05, 3.63) is 41.7 Å². The first-order valence-electron chi connectivity index (χ1n) is 8.98. The average molecular weight is 414 g/mol. The van der Waals surface area contributed by atoms with Crippen molar-refractivity contribution in [1.29, 1.82) is 0 Å². The van der Waals surface area contributed by atoms with Crippen molar-refractivity contribution in [3.8, 4) is 0 Å². The Morgan fingerprint density at radius 3 is 2.30 bits per heavy atom. The first kappa shape index (κ1) is 24.0. The molecule has 0 spiro atoms. The summed E-state index contributed by atoms with van der Waals surface area (Å²) < 4.78 is 0. The van der Waals surface area contributed by atoms with E-state index in [2.05, 4.69) is 30.6 Å². The number of aliphatic carboxylic acids is 1. The minimum absolute atomic E-state index is 0.0971. The fraction of sp³-hybridized carbons (Fsp3) is 0.263. The van der Waals surface area contributed by atoms with E-state index < -0.39 is 5.97 Å². The van der Waals surface area contributed by atoms with Crippen LogP contribution in [0.15, 0.2) is 30.5 Å². The van der Waals surface area contributed by atoms with Gasteiger partial charge in [0.2, 0.25) is 12.4 Å². The highest BCUT2D eigenvalue weighted by Gasteiger charge is 2.07. The third-order valence-electron chi connectivity index (χ3n) is 3.45. The van der Waals surface area contributed by atoms with E-state index in [-0.39, 0.29) is 18.2 Å². The number of hydrogen-bond donors (Lipinski definition) is 5. The highest BCUT2D eigenvalue weighted by molar-refractivity contribution is 5.81. The number of hydrogen-bond acceptors (Lipinski definition) is 9. The minimum atomic E-state index is -0.745. The molecule has 11 heteroatoms. The van der Waals surface area contributed by atoms with Crippen LogP contribution in [-0.4, -0.2) is 44.5 Å². The molecule has 160 valence electrons. The number of carboxylic acids is 1. The molecule has 0 atom stereocenters. The van der Waals surface area contributed by atoms with Crippen LogP contribution < -0.4 is 22.1 Å². The Balaban J connectivity index is 0.000000425. The Bertz CT molecular complexity index is 964. The predicted molar refractivity (Wildman–Crippen MR) is 116 cm³/mol. The van der Waals surface area contributed by atoms with Gasteiger partial charge in [0.05, 0.1) is 18.4 Å². The zero-order chi connectivity index (χ0) is 22.5. The third-order valence-corrected chi connectivity index (χ3v) is 3.45. The number of carbonyl (C=O) groups is 2. The molecule has 3 rings (SSSR count). The summed E-state index contributed by atoms with van der Waals surface area (Å²) in [7, 11) is 1.56. The standard InChI is InChI=1S/C14H15N7.C3H6O2.C2H5NO/c1-8-2-4-9(5-3-8)17-6-10-7-18-13-11(19-10)12(15)20-14(16)21-13;1-2-3(4)5;1-3-2-4/h2-5,7,17H,6H2,1H3,(H4,15,16,18,20,21);2H2,1H3,(H,4,5);2H,1H3,(H,3,4). The lowest BCUT2D eigenvalue weighted by atomic mass is 10.2. The van der Waals surface area contributed by atoms with E-state index in [4.69, 9.17) is 21.4 Å². The summed E-state index contributed by atoms with van der Waals surface area (Å²) in [6.45, 7) is 4.19. The van der Waals surface area contributed by atoms with Gasteiger partial charge >= 0.3 is 5.97 Å². The molecule has 1 amide bonds. The molecule has 2 heterocycles. The molecule has 0 bridgehead atoms. The zero-order valence-electron chi connectivity index (χ0n) is 17.1. The van der Waals surface area contributed by atoms with Crippen molar-refractivity contribution in [2.75, 3.05) is 23.8 Å². The maximum atomic E-state index is 9.37. The Labute approximate surface area is 174 Å². The van der Waals surface area contributed by atoms with Crippen LogP contribution in [0.5, 0.6) is 0 Å². The zero-order valence-corrected chi connectivity index (χ0v) is 17.1. The van der Waals surface area contributed by atoms with Gasteiger partial charge in [0.15, 0.2) is 17.0 Å². The molecule has 0 aliphatic carbocycles. The molecule has 0 saturated heterocycles. The maximum Gasteiger partial charge on any atom is 0.303 e. The van der Waals surface area contributed by atoms with Crippen molar-refractivity contribution in [2.24, 2.45) is 0 Å². The second-order valence-corrected chi connectivity index (χ2v) is 5.87. The van der Waals surface area contributed by atoms with E-state index in [0.717, 1.165) is 11.4 Å². The van der Waals surface area contributed by atoms with Gasteiger partial charge in [0, 0.05) is 19.2 Å². The van der Waals surface area contributed by atoms with Gasteiger partial charge in [-0.05, 0) is 19.1 Å². The predicted octanol–water partition coefficient (Wildman–Crippen LogP) is 1.35. The molecule has 0 aliphatic heterocycles. The Morgan fingerprint density at radius 2 is 1.77 bits per heavy atom. The summed E-state index contributed by atoms with van der Waals surface area (Å²) in [6.07, 6.45) is 2.50. The number of amides is 1. The third kappa shape index (κ3) is 8.33. The van der Waals surface area contributed by atoms with Crippen LogP contribution in [0.2, 0.25) is 0 Å². The molecule has 1 aromatic carbocycles. The van der Waals surface area contributed by atoms with Crippen LogP contribution in [0, 0.1) is 6.92 Å². The summed E-state index contributed by atoms with van der Waals surface area (Å²) in [6, 6.07) is 8.12. The molecule has 0 fully saturated rings. The number of rotatable bonds is 5. The average Bonchev–Trinajstić information content (AvgIpc) is 2.74. The summed E-state index contributed by atoms with van der Waals surface area (Å²) in [5, 5.41) is 13.2. The monoisotopic (exact) mass is 414 g/mol. The normalized spacial score (nSPS) is 9.43. The largest absolute Gasteiger partial charge is 0.481 e. The van der Waals surface area contributed by atoms with Gasteiger partial charge in [0.25, 0.3) is 0 Å². The fourth-order valence-electron chi connectivity index (χ4n) is 1.93. The lowest BCUT2D eigenvalue weighted by molar-refractivity contribution is -0.136. The SMILES string of the molecule is CCC(=O)O.CNC=O.Cc1ccc(NCc2cnc3nc(N)nc(N)c3n2)cc1. The highest BCUT2D eigenvalue weighted by Crippen LogP contribution is 2.15. The first-order chi connectivity index (χ1) is 14.3. The number of aromatic nitrogens is 4. The number of anilines is 3. The molecule has 30 heavy (non-hydrogen) atoms. The number of nitrogens with one attached hydrogen (secondary N) is 2. The molecule has 7 N–H and O–H groups in total. The van der Waals surface area contributed by atoms with Crippen molar-refractivity contribution < 1.29 is 14.7 Å². The number of fused-ring (bicyclic) bond motifs is 1. The van der Waals surface area contributed by atoms with Gasteiger partial charge < -0.3 is 27.2 Å². The van der Waals surface area contributed by atoms with Gasteiger partial charge in [-0.2, -0.15) is 9.97 Å². The molecule has 0 aliphatic rings. The maximum absolute atomic E-state index is 9.37. The van der Waals surface area contributed by atoms with Gasteiger partial charge in [-0.3, -0.25) is 9.59 Å². The van der Waals surface area contributed by atoms with E-state index in [9.17, 15) is 4.79 Å². The first-order valence-corrected chi connectivity index (χ1v) is 8.98. The van der Waals surface area contributed by atoms with Crippen LogP contribution >= 0.6 is 0 Å². The van der Waals surface area contributed by atoms with Crippen molar-refractivity contribution >= 4 is 41.0 Å². The second-order valence-electron chi connectivity index (χ2n) is 5.87. The molecular formula is C19H26N8O3. The lowest BCUT2D eigenvalue weighted by Crippen LogP contribution is -2.06. The number of carboxylic acid groups (broad SMARTS) is 1. The second kappa shape index (κ2) is 12.4. The number of benzene rings is 1. The van der Waals surface area contributed by atoms with Gasteiger partial charge in [0.1, 0.15) is 0 Å². The summed E-state index contributed by atoms with van der Waals surface area (Å²) in [5.41, 5.74) is 15.2. The van der Waals surface area contributed by atoms with Crippen LogP contribution in [-0.2, 0) is 16.1 Å². The van der Waals surface area contributed by atoms with Crippen LogP contribution in [0.1, 0.15) is 24.6 Å². The van der Waals surface area contributed by atoms with E-state index in [0.29, 0.717) is 24.1 Å². The number of carbonyl (C=O) groups excluding carboxylic acids is 1. The lowest BCUT2D eigenvalue weighted by Gasteiger charge is -2.07. The quantitative estimate of drug-likeness (QED) is 0.382. The van der Waals surface area contributed by atoms with Gasteiger partial charge in [-0.1, -0.05) is 24.6 Å². The van der Waals surface area contributed by atoms with Gasteiger partial charge in [-0.15, -0.1) is 0 Å². The van der Waals surface area contributed by atoms with Crippen molar-refractivity contribution in [2.45, 2.75) is 26.8 Å². The number of aryl methyl sites for hydroxylation is 1. The molecule has 2 aromatic heterocycles.